The third-order valence-corrected chi connectivity index (χ3v) is 6.19. The fraction of sp³-hybridized carbons (Fsp3) is 0.417. The second-order valence-electron chi connectivity index (χ2n) is 7.79. The SMILES string of the molecule is COc1ccccc1N1CCN(CCc2c(C)[nH]c3ccc(OC)c(C)c23)CC1. The van der Waals surface area contributed by atoms with Crippen LogP contribution in [0.5, 0.6) is 11.5 Å². The number of aromatic amines is 1. The van der Waals surface area contributed by atoms with E-state index in [9.17, 15) is 0 Å². The van der Waals surface area contributed by atoms with Crippen molar-refractivity contribution in [1.82, 2.24) is 9.88 Å². The normalized spacial score (nSPS) is 15.1. The van der Waals surface area contributed by atoms with Gasteiger partial charge in [0, 0.05) is 54.9 Å². The largest absolute Gasteiger partial charge is 0.496 e. The summed E-state index contributed by atoms with van der Waals surface area (Å²) in [5.41, 5.74) is 6.32. The van der Waals surface area contributed by atoms with Crippen molar-refractivity contribution in [2.75, 3.05) is 51.8 Å². The van der Waals surface area contributed by atoms with E-state index in [2.05, 4.69) is 52.9 Å². The minimum atomic E-state index is 0.958. The zero-order valence-electron chi connectivity index (χ0n) is 17.9. The van der Waals surface area contributed by atoms with Crippen molar-refractivity contribution < 1.29 is 9.47 Å². The van der Waals surface area contributed by atoms with Crippen LogP contribution in [0.4, 0.5) is 5.69 Å². The molecule has 0 aliphatic carbocycles. The lowest BCUT2D eigenvalue weighted by Crippen LogP contribution is -2.47. The summed E-state index contributed by atoms with van der Waals surface area (Å²) in [5.74, 6) is 1.92. The number of ether oxygens (including phenoxy) is 2. The Bertz CT molecular complexity index is 987. The third kappa shape index (κ3) is 3.79. The van der Waals surface area contributed by atoms with Crippen LogP contribution < -0.4 is 14.4 Å². The number of aryl methyl sites for hydroxylation is 2. The van der Waals surface area contributed by atoms with Gasteiger partial charge in [-0.1, -0.05) is 12.1 Å². The van der Waals surface area contributed by atoms with E-state index >= 15 is 0 Å². The molecule has 29 heavy (non-hydrogen) atoms. The van der Waals surface area contributed by atoms with Gasteiger partial charge >= 0.3 is 0 Å². The lowest BCUT2D eigenvalue weighted by Gasteiger charge is -2.36. The number of methoxy groups -OCH3 is 2. The van der Waals surface area contributed by atoms with E-state index in [4.69, 9.17) is 9.47 Å². The van der Waals surface area contributed by atoms with Gasteiger partial charge in [0.1, 0.15) is 11.5 Å². The topological polar surface area (TPSA) is 40.7 Å². The average molecular weight is 394 g/mol. The summed E-state index contributed by atoms with van der Waals surface area (Å²) in [4.78, 5) is 8.55. The van der Waals surface area contributed by atoms with Crippen molar-refractivity contribution in [3.8, 4) is 11.5 Å². The first kappa shape index (κ1) is 19.6. The molecule has 1 fully saturated rings. The van der Waals surface area contributed by atoms with Gasteiger partial charge in [0.25, 0.3) is 0 Å². The van der Waals surface area contributed by atoms with Crippen LogP contribution in [-0.4, -0.2) is 56.8 Å². The molecule has 3 aromatic rings. The Morgan fingerprint density at radius 1 is 0.897 bits per heavy atom. The maximum atomic E-state index is 5.54. The van der Waals surface area contributed by atoms with E-state index in [1.165, 1.54) is 33.4 Å². The van der Waals surface area contributed by atoms with E-state index in [-0.39, 0.29) is 0 Å². The second kappa shape index (κ2) is 8.37. The summed E-state index contributed by atoms with van der Waals surface area (Å²) < 4.78 is 11.1. The molecule has 1 aliphatic rings. The Kier molecular flexibility index (Phi) is 5.67. The number of piperazine rings is 1. The van der Waals surface area contributed by atoms with Gasteiger partial charge in [-0.3, -0.25) is 4.90 Å². The van der Waals surface area contributed by atoms with Gasteiger partial charge in [-0.2, -0.15) is 0 Å². The first-order valence-electron chi connectivity index (χ1n) is 10.4. The van der Waals surface area contributed by atoms with Gasteiger partial charge in [-0.15, -0.1) is 0 Å². The average Bonchev–Trinajstić information content (AvgIpc) is 3.08. The van der Waals surface area contributed by atoms with Crippen molar-refractivity contribution in [2.45, 2.75) is 20.3 Å². The van der Waals surface area contributed by atoms with Gasteiger partial charge in [0.2, 0.25) is 0 Å². The minimum Gasteiger partial charge on any atom is -0.496 e. The van der Waals surface area contributed by atoms with Gasteiger partial charge in [0.15, 0.2) is 0 Å². The maximum absolute atomic E-state index is 5.54. The quantitative estimate of drug-likeness (QED) is 0.683. The van der Waals surface area contributed by atoms with Gasteiger partial charge in [0.05, 0.1) is 19.9 Å². The Morgan fingerprint density at radius 2 is 1.62 bits per heavy atom. The molecule has 0 atom stereocenters. The van der Waals surface area contributed by atoms with Crippen molar-refractivity contribution in [1.29, 1.82) is 0 Å². The Balaban J connectivity index is 1.43. The number of nitrogens with zero attached hydrogens (tertiary/aromatic N) is 2. The Labute approximate surface area is 173 Å². The van der Waals surface area contributed by atoms with Crippen LogP contribution in [0, 0.1) is 13.8 Å². The molecule has 1 aliphatic heterocycles. The molecule has 1 saturated heterocycles. The van der Waals surface area contributed by atoms with Crippen LogP contribution in [0.15, 0.2) is 36.4 Å². The molecule has 1 aromatic heterocycles. The molecule has 0 saturated carbocycles. The molecule has 1 N–H and O–H groups in total. The van der Waals surface area contributed by atoms with E-state index in [0.717, 1.165) is 50.6 Å². The molecule has 0 unspecified atom stereocenters. The van der Waals surface area contributed by atoms with Crippen LogP contribution in [0.1, 0.15) is 16.8 Å². The van der Waals surface area contributed by atoms with Crippen molar-refractivity contribution in [3.63, 3.8) is 0 Å². The van der Waals surface area contributed by atoms with Crippen LogP contribution in [0.2, 0.25) is 0 Å². The molecular formula is C24H31N3O2. The molecule has 0 spiro atoms. The molecule has 2 aromatic carbocycles. The highest BCUT2D eigenvalue weighted by Crippen LogP contribution is 2.32. The molecule has 0 amide bonds. The van der Waals surface area contributed by atoms with E-state index in [1.54, 1.807) is 14.2 Å². The maximum Gasteiger partial charge on any atom is 0.142 e. The number of fused-ring (bicyclic) bond motifs is 1. The standard InChI is InChI=1S/C24H31N3O2/c1-17-22(28-3)10-9-20-24(17)19(18(2)25-20)11-12-26-13-15-27(16-14-26)21-7-5-6-8-23(21)29-4/h5-10,25H,11-16H2,1-4H3. The predicted molar refractivity (Wildman–Crippen MR) is 120 cm³/mol. The molecule has 4 rings (SSSR count). The van der Waals surface area contributed by atoms with E-state index in [1.807, 2.05) is 12.1 Å². The smallest absolute Gasteiger partial charge is 0.142 e. The lowest BCUT2D eigenvalue weighted by atomic mass is 10.0. The van der Waals surface area contributed by atoms with Crippen LogP contribution >= 0.6 is 0 Å². The number of hydrogen-bond acceptors (Lipinski definition) is 4. The predicted octanol–water partition coefficient (Wildman–Crippen LogP) is 4.17. The highest BCUT2D eigenvalue weighted by molar-refractivity contribution is 5.89. The Morgan fingerprint density at radius 3 is 2.34 bits per heavy atom. The number of aromatic nitrogens is 1. The fourth-order valence-electron chi connectivity index (χ4n) is 4.56. The lowest BCUT2D eigenvalue weighted by molar-refractivity contribution is 0.260. The van der Waals surface area contributed by atoms with Crippen LogP contribution in [-0.2, 0) is 6.42 Å². The highest BCUT2D eigenvalue weighted by atomic mass is 16.5. The van der Waals surface area contributed by atoms with E-state index < -0.39 is 0 Å². The first-order chi connectivity index (χ1) is 14.1. The number of H-pyrrole nitrogens is 1. The summed E-state index contributed by atoms with van der Waals surface area (Å²) in [5, 5.41) is 1.33. The van der Waals surface area contributed by atoms with E-state index in [0.29, 0.717) is 0 Å². The van der Waals surface area contributed by atoms with Crippen LogP contribution in [0.3, 0.4) is 0 Å². The van der Waals surface area contributed by atoms with Crippen molar-refractivity contribution in [2.24, 2.45) is 0 Å². The van der Waals surface area contributed by atoms with Crippen molar-refractivity contribution >= 4 is 16.6 Å². The van der Waals surface area contributed by atoms with Gasteiger partial charge in [-0.05, 0) is 50.1 Å². The van der Waals surface area contributed by atoms with Gasteiger partial charge < -0.3 is 19.4 Å². The molecular weight excluding hydrogens is 362 g/mol. The molecule has 154 valence electrons. The number of rotatable bonds is 6. The molecule has 5 heteroatoms. The minimum absolute atomic E-state index is 0.958. The second-order valence-corrected chi connectivity index (χ2v) is 7.79. The zero-order chi connectivity index (χ0) is 20.4. The summed E-state index contributed by atoms with van der Waals surface area (Å²) >= 11 is 0. The summed E-state index contributed by atoms with van der Waals surface area (Å²) in [6, 6.07) is 12.5. The summed E-state index contributed by atoms with van der Waals surface area (Å²) in [7, 11) is 3.49. The third-order valence-electron chi connectivity index (χ3n) is 6.19. The number of nitrogens with one attached hydrogen (secondary N) is 1. The first-order valence-corrected chi connectivity index (χ1v) is 10.4. The highest BCUT2D eigenvalue weighted by Gasteiger charge is 2.20. The number of para-hydroxylation sites is 2. The Hall–Kier alpha value is -2.66. The summed E-state index contributed by atoms with van der Waals surface area (Å²) in [6.45, 7) is 9.61. The van der Waals surface area contributed by atoms with Crippen molar-refractivity contribution in [3.05, 3.63) is 53.2 Å². The molecule has 2 heterocycles. The molecule has 0 radical (unpaired) electrons. The molecule has 5 nitrogen and oxygen atoms in total. The molecule has 0 bridgehead atoms. The monoisotopic (exact) mass is 393 g/mol. The number of benzene rings is 2. The summed E-state index contributed by atoms with van der Waals surface area (Å²) in [6.07, 6.45) is 1.05. The number of anilines is 1. The zero-order valence-corrected chi connectivity index (χ0v) is 17.9. The van der Waals surface area contributed by atoms with Crippen LogP contribution in [0.25, 0.3) is 10.9 Å². The van der Waals surface area contributed by atoms with Gasteiger partial charge in [-0.25, -0.2) is 0 Å². The number of hydrogen-bond donors (Lipinski definition) is 1. The fourth-order valence-corrected chi connectivity index (χ4v) is 4.56.